The van der Waals surface area contributed by atoms with Gasteiger partial charge in [0, 0.05) is 24.0 Å². The Kier molecular flexibility index (Phi) is 3.91. The zero-order valence-electron chi connectivity index (χ0n) is 9.84. The molecule has 0 radical (unpaired) electrons. The summed E-state index contributed by atoms with van der Waals surface area (Å²) < 4.78 is 0. The molecule has 2 N–H and O–H groups in total. The average Bonchev–Trinajstić information content (AvgIpc) is 2.39. The number of aromatic hydroxyl groups is 1. The molecule has 0 atom stereocenters. The maximum atomic E-state index is 11.7. The monoisotopic (exact) mass is 242 g/mol. The van der Waals surface area contributed by atoms with E-state index in [9.17, 15) is 9.90 Å². The van der Waals surface area contributed by atoms with E-state index in [4.69, 9.17) is 0 Å². The van der Waals surface area contributed by atoms with Gasteiger partial charge in [-0.2, -0.15) is 0 Å². The number of nitrogens with zero attached hydrogens (tertiary/aromatic N) is 1. The Morgan fingerprint density at radius 3 is 2.67 bits per heavy atom. The first-order chi connectivity index (χ1) is 8.75. The number of phenolic OH excluding ortho intramolecular Hbond substituents is 1. The number of aromatic nitrogens is 1. The second-order valence-corrected chi connectivity index (χ2v) is 3.90. The number of rotatable bonds is 4. The first-order valence-corrected chi connectivity index (χ1v) is 5.69. The van der Waals surface area contributed by atoms with Crippen molar-refractivity contribution in [2.75, 3.05) is 0 Å². The van der Waals surface area contributed by atoms with Crippen LogP contribution in [0.15, 0.2) is 48.7 Å². The molecule has 4 heteroatoms. The van der Waals surface area contributed by atoms with E-state index in [-0.39, 0.29) is 18.1 Å². The summed E-state index contributed by atoms with van der Waals surface area (Å²) in [4.78, 5) is 15.7. The molecule has 0 aliphatic carbocycles. The number of pyridine rings is 1. The summed E-state index contributed by atoms with van der Waals surface area (Å²) in [5, 5.41) is 12.3. The molecule has 2 rings (SSSR count). The molecule has 1 aromatic heterocycles. The zero-order valence-corrected chi connectivity index (χ0v) is 9.84. The Balaban J connectivity index is 1.88. The van der Waals surface area contributed by atoms with Crippen molar-refractivity contribution >= 4 is 5.91 Å². The summed E-state index contributed by atoms with van der Waals surface area (Å²) in [6, 6.07) is 12.4. The standard InChI is InChI=1S/C14H14N2O2/c17-13-7-2-1-5-11(13)10-16-14(18)9-12-6-3-4-8-15-12/h1-8,17H,9-10H2,(H,16,18). The van der Waals surface area contributed by atoms with Gasteiger partial charge < -0.3 is 10.4 Å². The van der Waals surface area contributed by atoms with Crippen LogP contribution < -0.4 is 5.32 Å². The fourth-order valence-corrected chi connectivity index (χ4v) is 1.58. The maximum absolute atomic E-state index is 11.7. The van der Waals surface area contributed by atoms with Gasteiger partial charge in [0.1, 0.15) is 5.75 Å². The molecule has 0 unspecified atom stereocenters. The highest BCUT2D eigenvalue weighted by Gasteiger charge is 2.05. The van der Waals surface area contributed by atoms with Gasteiger partial charge in [0.2, 0.25) is 5.91 Å². The molecule has 0 saturated heterocycles. The van der Waals surface area contributed by atoms with E-state index < -0.39 is 0 Å². The van der Waals surface area contributed by atoms with Gasteiger partial charge in [-0.1, -0.05) is 24.3 Å². The number of carbonyl (C=O) groups is 1. The van der Waals surface area contributed by atoms with Crippen LogP contribution in [-0.4, -0.2) is 16.0 Å². The second-order valence-electron chi connectivity index (χ2n) is 3.90. The van der Waals surface area contributed by atoms with Crippen molar-refractivity contribution in [2.45, 2.75) is 13.0 Å². The van der Waals surface area contributed by atoms with Crippen LogP contribution in [0.1, 0.15) is 11.3 Å². The number of carbonyl (C=O) groups excluding carboxylic acids is 1. The molecule has 0 saturated carbocycles. The van der Waals surface area contributed by atoms with Gasteiger partial charge in [-0.25, -0.2) is 0 Å². The molecule has 1 aromatic carbocycles. The van der Waals surface area contributed by atoms with Crippen LogP contribution in [0.2, 0.25) is 0 Å². The third-order valence-corrected chi connectivity index (χ3v) is 2.54. The number of nitrogens with one attached hydrogen (secondary N) is 1. The molecule has 1 heterocycles. The third-order valence-electron chi connectivity index (χ3n) is 2.54. The fourth-order valence-electron chi connectivity index (χ4n) is 1.58. The number of amides is 1. The Morgan fingerprint density at radius 1 is 1.17 bits per heavy atom. The molecule has 0 aliphatic rings. The van der Waals surface area contributed by atoms with Gasteiger partial charge in [0.25, 0.3) is 0 Å². The van der Waals surface area contributed by atoms with Crippen LogP contribution in [0.3, 0.4) is 0 Å². The lowest BCUT2D eigenvalue weighted by Crippen LogP contribution is -2.24. The van der Waals surface area contributed by atoms with Gasteiger partial charge in [-0.05, 0) is 18.2 Å². The highest BCUT2D eigenvalue weighted by Crippen LogP contribution is 2.14. The number of hydrogen-bond acceptors (Lipinski definition) is 3. The number of phenols is 1. The fraction of sp³-hybridized carbons (Fsp3) is 0.143. The highest BCUT2D eigenvalue weighted by molar-refractivity contribution is 5.78. The first-order valence-electron chi connectivity index (χ1n) is 5.69. The van der Waals surface area contributed by atoms with E-state index in [0.717, 1.165) is 5.69 Å². The molecule has 92 valence electrons. The molecule has 4 nitrogen and oxygen atoms in total. The summed E-state index contributed by atoms with van der Waals surface area (Å²) in [5.41, 5.74) is 1.43. The third kappa shape index (κ3) is 3.31. The van der Waals surface area contributed by atoms with Crippen molar-refractivity contribution in [3.8, 4) is 5.75 Å². The van der Waals surface area contributed by atoms with Crippen molar-refractivity contribution in [1.82, 2.24) is 10.3 Å². The summed E-state index contributed by atoms with van der Waals surface area (Å²) in [5.74, 6) is 0.0765. The van der Waals surface area contributed by atoms with Crippen molar-refractivity contribution in [3.05, 3.63) is 59.9 Å². The van der Waals surface area contributed by atoms with E-state index in [1.165, 1.54) is 0 Å². The van der Waals surface area contributed by atoms with Gasteiger partial charge >= 0.3 is 0 Å². The number of para-hydroxylation sites is 1. The van der Waals surface area contributed by atoms with Crippen molar-refractivity contribution in [1.29, 1.82) is 0 Å². The molecule has 2 aromatic rings. The predicted octanol–water partition coefficient (Wildman–Crippen LogP) is 1.65. The minimum atomic E-state index is -0.114. The number of hydrogen-bond donors (Lipinski definition) is 2. The van der Waals surface area contributed by atoms with Gasteiger partial charge in [0.05, 0.1) is 6.42 Å². The SMILES string of the molecule is O=C(Cc1ccccn1)NCc1ccccc1O. The zero-order chi connectivity index (χ0) is 12.8. The number of benzene rings is 1. The lowest BCUT2D eigenvalue weighted by molar-refractivity contribution is -0.120. The highest BCUT2D eigenvalue weighted by atomic mass is 16.3. The predicted molar refractivity (Wildman–Crippen MR) is 67.9 cm³/mol. The summed E-state index contributed by atoms with van der Waals surface area (Å²) >= 11 is 0. The van der Waals surface area contributed by atoms with Crippen LogP contribution in [0.25, 0.3) is 0 Å². The second kappa shape index (κ2) is 5.82. The Bertz CT molecular complexity index is 526. The van der Waals surface area contributed by atoms with E-state index in [2.05, 4.69) is 10.3 Å². The van der Waals surface area contributed by atoms with Crippen molar-refractivity contribution < 1.29 is 9.90 Å². The molecule has 0 spiro atoms. The summed E-state index contributed by atoms with van der Waals surface area (Å²) in [7, 11) is 0. The molecule has 0 fully saturated rings. The first kappa shape index (κ1) is 12.1. The molecule has 0 bridgehead atoms. The Hall–Kier alpha value is -2.36. The minimum absolute atomic E-state index is 0.114. The van der Waals surface area contributed by atoms with Crippen molar-refractivity contribution in [3.63, 3.8) is 0 Å². The maximum Gasteiger partial charge on any atom is 0.226 e. The van der Waals surface area contributed by atoms with E-state index in [0.29, 0.717) is 12.1 Å². The van der Waals surface area contributed by atoms with Gasteiger partial charge in [-0.3, -0.25) is 9.78 Å². The van der Waals surface area contributed by atoms with Crippen LogP contribution >= 0.6 is 0 Å². The van der Waals surface area contributed by atoms with Gasteiger partial charge in [-0.15, -0.1) is 0 Å². The smallest absolute Gasteiger partial charge is 0.226 e. The quantitative estimate of drug-likeness (QED) is 0.856. The molecule has 0 aliphatic heterocycles. The minimum Gasteiger partial charge on any atom is -0.508 e. The van der Waals surface area contributed by atoms with Crippen LogP contribution in [0.4, 0.5) is 0 Å². The average molecular weight is 242 g/mol. The van der Waals surface area contributed by atoms with Crippen LogP contribution in [-0.2, 0) is 17.8 Å². The molecular weight excluding hydrogens is 228 g/mol. The normalized spacial score (nSPS) is 10.0. The van der Waals surface area contributed by atoms with Crippen LogP contribution in [0.5, 0.6) is 5.75 Å². The topological polar surface area (TPSA) is 62.2 Å². The largest absolute Gasteiger partial charge is 0.508 e. The molecular formula is C14H14N2O2. The summed E-state index contributed by atoms with van der Waals surface area (Å²) in [6.45, 7) is 0.318. The van der Waals surface area contributed by atoms with Crippen LogP contribution in [0, 0.1) is 0 Å². The van der Waals surface area contributed by atoms with Crippen molar-refractivity contribution in [2.24, 2.45) is 0 Å². The Morgan fingerprint density at radius 2 is 1.94 bits per heavy atom. The van der Waals surface area contributed by atoms with E-state index >= 15 is 0 Å². The Labute approximate surface area is 105 Å². The van der Waals surface area contributed by atoms with E-state index in [1.807, 2.05) is 18.2 Å². The molecule has 1 amide bonds. The summed E-state index contributed by atoms with van der Waals surface area (Å²) in [6.07, 6.45) is 1.90. The van der Waals surface area contributed by atoms with E-state index in [1.54, 1.807) is 30.5 Å². The van der Waals surface area contributed by atoms with Gasteiger partial charge in [0.15, 0.2) is 0 Å². The molecule has 18 heavy (non-hydrogen) atoms. The lowest BCUT2D eigenvalue weighted by atomic mass is 10.2. The lowest BCUT2D eigenvalue weighted by Gasteiger charge is -2.06.